The largest absolute Gasteiger partial charge is 0.466 e. The maximum Gasteiger partial charge on any atom is 0.334 e. The third-order valence-corrected chi connectivity index (χ3v) is 1.86. The van der Waals surface area contributed by atoms with Crippen LogP contribution < -0.4 is 0 Å². The molecular weight excluding hydrogens is 154 g/mol. The highest BCUT2D eigenvalue weighted by atomic mass is 16.5. The lowest BCUT2D eigenvalue weighted by molar-refractivity contribution is -0.136. The van der Waals surface area contributed by atoms with Gasteiger partial charge >= 0.3 is 5.97 Å². The fourth-order valence-corrected chi connectivity index (χ4v) is 1.19. The second kappa shape index (κ2) is 4.93. The number of methoxy groups -OCH3 is 1. The van der Waals surface area contributed by atoms with Gasteiger partial charge in [-0.1, -0.05) is 13.5 Å². The van der Waals surface area contributed by atoms with Crippen LogP contribution >= 0.6 is 0 Å². The SMILES string of the molecule is C=C(C(=O)OC)C(CC)N(C)C. The summed E-state index contributed by atoms with van der Waals surface area (Å²) >= 11 is 0. The normalized spacial score (nSPS) is 12.8. The van der Waals surface area contributed by atoms with E-state index < -0.39 is 0 Å². The topological polar surface area (TPSA) is 29.5 Å². The minimum atomic E-state index is -0.324. The molecule has 0 aromatic rings. The first-order chi connectivity index (χ1) is 5.54. The molecule has 1 unspecified atom stereocenters. The quantitative estimate of drug-likeness (QED) is 0.468. The highest BCUT2D eigenvalue weighted by molar-refractivity contribution is 5.88. The molecule has 1 atom stereocenters. The third-order valence-electron chi connectivity index (χ3n) is 1.86. The molecule has 0 radical (unpaired) electrons. The molecule has 3 nitrogen and oxygen atoms in total. The van der Waals surface area contributed by atoms with Gasteiger partial charge in [0.25, 0.3) is 0 Å². The summed E-state index contributed by atoms with van der Waals surface area (Å²) in [6.07, 6.45) is 0.862. The average molecular weight is 171 g/mol. The number of esters is 1. The summed E-state index contributed by atoms with van der Waals surface area (Å²) in [5.74, 6) is -0.324. The van der Waals surface area contributed by atoms with Crippen molar-refractivity contribution in [2.45, 2.75) is 19.4 Å². The van der Waals surface area contributed by atoms with Gasteiger partial charge in [0, 0.05) is 11.6 Å². The van der Waals surface area contributed by atoms with Crippen molar-refractivity contribution < 1.29 is 9.53 Å². The molecule has 0 aliphatic carbocycles. The molecule has 0 spiro atoms. The monoisotopic (exact) mass is 171 g/mol. The van der Waals surface area contributed by atoms with Gasteiger partial charge in [-0.05, 0) is 20.5 Å². The molecule has 0 heterocycles. The maximum atomic E-state index is 11.1. The highest BCUT2D eigenvalue weighted by Gasteiger charge is 2.19. The summed E-state index contributed by atoms with van der Waals surface area (Å²) in [4.78, 5) is 13.0. The van der Waals surface area contributed by atoms with Crippen LogP contribution in [0.4, 0.5) is 0 Å². The molecule has 70 valence electrons. The first-order valence-electron chi connectivity index (χ1n) is 3.98. The lowest BCUT2D eigenvalue weighted by atomic mass is 10.1. The second-order valence-corrected chi connectivity index (χ2v) is 2.90. The Morgan fingerprint density at radius 1 is 1.58 bits per heavy atom. The van der Waals surface area contributed by atoms with Crippen LogP contribution in [0.5, 0.6) is 0 Å². The van der Waals surface area contributed by atoms with Crippen LogP contribution in [0.15, 0.2) is 12.2 Å². The second-order valence-electron chi connectivity index (χ2n) is 2.90. The van der Waals surface area contributed by atoms with Crippen LogP contribution in [-0.4, -0.2) is 38.1 Å². The van der Waals surface area contributed by atoms with Gasteiger partial charge in [0.2, 0.25) is 0 Å². The zero-order valence-electron chi connectivity index (χ0n) is 8.26. The van der Waals surface area contributed by atoms with Crippen molar-refractivity contribution >= 4 is 5.97 Å². The summed E-state index contributed by atoms with van der Waals surface area (Å²) < 4.78 is 4.58. The molecule has 0 fully saturated rings. The van der Waals surface area contributed by atoms with E-state index >= 15 is 0 Å². The smallest absolute Gasteiger partial charge is 0.334 e. The molecule has 0 aromatic carbocycles. The van der Waals surface area contributed by atoms with E-state index in [1.807, 2.05) is 25.9 Å². The fourth-order valence-electron chi connectivity index (χ4n) is 1.19. The van der Waals surface area contributed by atoms with Crippen LogP contribution in [-0.2, 0) is 9.53 Å². The predicted molar refractivity (Wildman–Crippen MR) is 48.9 cm³/mol. The first kappa shape index (κ1) is 11.2. The van der Waals surface area contributed by atoms with E-state index in [9.17, 15) is 4.79 Å². The van der Waals surface area contributed by atoms with Gasteiger partial charge in [0.05, 0.1) is 7.11 Å². The minimum absolute atomic E-state index is 0.0810. The molecule has 0 rings (SSSR count). The van der Waals surface area contributed by atoms with Crippen LogP contribution in [0, 0.1) is 0 Å². The van der Waals surface area contributed by atoms with Crippen molar-refractivity contribution in [2.24, 2.45) is 0 Å². The number of likely N-dealkylation sites (N-methyl/N-ethyl adjacent to an activating group) is 1. The van der Waals surface area contributed by atoms with Crippen LogP contribution in [0.1, 0.15) is 13.3 Å². The Labute approximate surface area is 74.0 Å². The molecule has 0 bridgehead atoms. The third kappa shape index (κ3) is 2.66. The molecule has 0 aliphatic heterocycles. The number of hydrogen-bond donors (Lipinski definition) is 0. The molecule has 3 heteroatoms. The minimum Gasteiger partial charge on any atom is -0.466 e. The van der Waals surface area contributed by atoms with E-state index in [0.29, 0.717) is 5.57 Å². The lowest BCUT2D eigenvalue weighted by Crippen LogP contribution is -2.32. The van der Waals surface area contributed by atoms with Crippen LogP contribution in [0.2, 0.25) is 0 Å². The first-order valence-corrected chi connectivity index (χ1v) is 3.98. The fraction of sp³-hybridized carbons (Fsp3) is 0.667. The van der Waals surface area contributed by atoms with E-state index in [1.54, 1.807) is 0 Å². The van der Waals surface area contributed by atoms with Crippen molar-refractivity contribution in [1.29, 1.82) is 0 Å². The van der Waals surface area contributed by atoms with E-state index in [2.05, 4.69) is 11.3 Å². The van der Waals surface area contributed by atoms with Crippen molar-refractivity contribution in [3.05, 3.63) is 12.2 Å². The zero-order valence-corrected chi connectivity index (χ0v) is 8.26. The van der Waals surface area contributed by atoms with Crippen molar-refractivity contribution in [2.75, 3.05) is 21.2 Å². The number of ether oxygens (including phenoxy) is 1. The molecule has 0 aliphatic rings. The van der Waals surface area contributed by atoms with Gasteiger partial charge < -0.3 is 9.64 Å². The number of carbonyl (C=O) groups is 1. The Morgan fingerprint density at radius 2 is 2.08 bits per heavy atom. The van der Waals surface area contributed by atoms with Gasteiger partial charge in [-0.2, -0.15) is 0 Å². The van der Waals surface area contributed by atoms with Gasteiger partial charge in [-0.25, -0.2) is 4.79 Å². The summed E-state index contributed by atoms with van der Waals surface area (Å²) in [5.41, 5.74) is 0.519. The van der Waals surface area contributed by atoms with Crippen molar-refractivity contribution in [3.8, 4) is 0 Å². The molecule has 0 aromatic heterocycles. The summed E-state index contributed by atoms with van der Waals surface area (Å²) in [6.45, 7) is 5.71. The predicted octanol–water partition coefficient (Wildman–Crippen LogP) is 1.06. The van der Waals surface area contributed by atoms with E-state index in [-0.39, 0.29) is 12.0 Å². The van der Waals surface area contributed by atoms with Crippen LogP contribution in [0.25, 0.3) is 0 Å². The molecule has 0 saturated heterocycles. The standard InChI is InChI=1S/C9H17NO2/c1-6-8(10(3)4)7(2)9(11)12-5/h8H,2,6H2,1,3-5H3. The van der Waals surface area contributed by atoms with E-state index in [1.165, 1.54) is 7.11 Å². The number of nitrogens with zero attached hydrogens (tertiary/aromatic N) is 1. The number of carbonyl (C=O) groups excluding carboxylic acids is 1. The van der Waals surface area contributed by atoms with Crippen LogP contribution in [0.3, 0.4) is 0 Å². The Hall–Kier alpha value is -0.830. The summed E-state index contributed by atoms with van der Waals surface area (Å²) in [7, 11) is 5.21. The van der Waals surface area contributed by atoms with Gasteiger partial charge in [-0.3, -0.25) is 0 Å². The number of hydrogen-bond acceptors (Lipinski definition) is 3. The number of rotatable bonds is 4. The Bertz CT molecular complexity index is 175. The van der Waals surface area contributed by atoms with Gasteiger partial charge in [0.15, 0.2) is 0 Å². The van der Waals surface area contributed by atoms with E-state index in [4.69, 9.17) is 0 Å². The highest BCUT2D eigenvalue weighted by Crippen LogP contribution is 2.10. The molecule has 0 N–H and O–H groups in total. The van der Waals surface area contributed by atoms with E-state index in [0.717, 1.165) is 6.42 Å². The Kier molecular flexibility index (Phi) is 4.59. The van der Waals surface area contributed by atoms with Crippen molar-refractivity contribution in [3.63, 3.8) is 0 Å². The van der Waals surface area contributed by atoms with Gasteiger partial charge in [0.1, 0.15) is 0 Å². The average Bonchev–Trinajstić information content (AvgIpc) is 2.03. The Morgan fingerprint density at radius 3 is 2.33 bits per heavy atom. The molecule has 0 amide bonds. The summed E-state index contributed by atoms with van der Waals surface area (Å²) in [6, 6.07) is 0.0810. The lowest BCUT2D eigenvalue weighted by Gasteiger charge is -2.23. The Balaban J connectivity index is 4.32. The zero-order chi connectivity index (χ0) is 9.72. The summed E-state index contributed by atoms with van der Waals surface area (Å²) in [5, 5.41) is 0. The van der Waals surface area contributed by atoms with Gasteiger partial charge in [-0.15, -0.1) is 0 Å². The maximum absolute atomic E-state index is 11.1. The molecule has 0 saturated carbocycles. The van der Waals surface area contributed by atoms with Crippen molar-refractivity contribution in [1.82, 2.24) is 4.90 Å². The molecular formula is C9H17NO2. The molecule has 12 heavy (non-hydrogen) atoms.